The summed E-state index contributed by atoms with van der Waals surface area (Å²) in [6, 6.07) is -4.70. The van der Waals surface area contributed by atoms with E-state index in [4.69, 9.17) is 22.3 Å². The quantitative estimate of drug-likeness (QED) is 0.0487. The number of amides is 3. The van der Waals surface area contributed by atoms with Gasteiger partial charge in [-0.05, 0) is 49.7 Å². The summed E-state index contributed by atoms with van der Waals surface area (Å²) in [6.45, 7) is 0.190. The molecular weight excluding hydrogens is 514 g/mol. The summed E-state index contributed by atoms with van der Waals surface area (Å²) in [7, 11) is 0. The molecule has 0 bridgehead atoms. The topological polar surface area (TPSA) is 252 Å². The average Bonchev–Trinajstić information content (AvgIpc) is 2.79. The number of hydrogen-bond donors (Lipinski definition) is 8. The maximum absolute atomic E-state index is 13.0. The molecule has 4 unspecified atom stereocenters. The standard InChI is InChI=1S/C20H37N7O7S2/c1-35-8-5-12(25-16(30)11(21)10-15(28)29)17(31)26-13(6-9-36-2)18(32)27-14(19(33)34)4-3-7-24-20(22)23/h11-14H,3-10,21H2,1-2H3,(H,25,30)(H,26,31)(H,27,32)(H,28,29)(H,33,34)(H4,22,23,24). The van der Waals surface area contributed by atoms with Gasteiger partial charge < -0.3 is 43.4 Å². The average molecular weight is 552 g/mol. The Labute approximate surface area is 218 Å². The maximum Gasteiger partial charge on any atom is 0.326 e. The Bertz CT molecular complexity index is 782. The fourth-order valence-electron chi connectivity index (χ4n) is 2.87. The van der Waals surface area contributed by atoms with Gasteiger partial charge in [-0.3, -0.25) is 24.2 Å². The third kappa shape index (κ3) is 14.6. The second kappa shape index (κ2) is 18.5. The number of carbonyl (C=O) groups is 5. The summed E-state index contributed by atoms with van der Waals surface area (Å²) in [5, 5.41) is 25.8. The molecule has 14 nitrogen and oxygen atoms in total. The van der Waals surface area contributed by atoms with Gasteiger partial charge in [0, 0.05) is 6.54 Å². The predicted molar refractivity (Wildman–Crippen MR) is 140 cm³/mol. The number of guanidine groups is 1. The number of carbonyl (C=O) groups excluding carboxylic acids is 3. The lowest BCUT2D eigenvalue weighted by atomic mass is 10.1. The molecule has 4 atom stereocenters. The monoisotopic (exact) mass is 551 g/mol. The van der Waals surface area contributed by atoms with Crippen molar-refractivity contribution in [2.75, 3.05) is 30.6 Å². The van der Waals surface area contributed by atoms with E-state index in [2.05, 4.69) is 20.9 Å². The van der Waals surface area contributed by atoms with Crippen molar-refractivity contribution in [1.29, 1.82) is 0 Å². The van der Waals surface area contributed by atoms with Crippen molar-refractivity contribution < 1.29 is 34.2 Å². The molecule has 0 aromatic rings. The van der Waals surface area contributed by atoms with E-state index in [1.807, 2.05) is 6.26 Å². The molecule has 206 valence electrons. The van der Waals surface area contributed by atoms with Gasteiger partial charge >= 0.3 is 11.9 Å². The zero-order valence-electron chi connectivity index (χ0n) is 20.4. The van der Waals surface area contributed by atoms with E-state index in [1.165, 1.54) is 23.5 Å². The van der Waals surface area contributed by atoms with Crippen LogP contribution < -0.4 is 33.2 Å². The molecule has 3 amide bonds. The largest absolute Gasteiger partial charge is 0.481 e. The van der Waals surface area contributed by atoms with Crippen LogP contribution in [0.2, 0.25) is 0 Å². The molecule has 0 saturated heterocycles. The van der Waals surface area contributed by atoms with Gasteiger partial charge in [0.25, 0.3) is 0 Å². The Morgan fingerprint density at radius 2 is 1.28 bits per heavy atom. The molecule has 0 radical (unpaired) electrons. The molecule has 16 heteroatoms. The first-order valence-corrected chi connectivity index (χ1v) is 13.9. The van der Waals surface area contributed by atoms with E-state index in [-0.39, 0.29) is 31.8 Å². The Kier molecular flexibility index (Phi) is 17.1. The van der Waals surface area contributed by atoms with Gasteiger partial charge in [-0.2, -0.15) is 23.5 Å². The highest BCUT2D eigenvalue weighted by molar-refractivity contribution is 7.98. The lowest BCUT2D eigenvalue weighted by molar-refractivity contribution is -0.142. The van der Waals surface area contributed by atoms with Crippen LogP contribution in [0, 0.1) is 0 Å². The Morgan fingerprint density at radius 3 is 1.69 bits per heavy atom. The van der Waals surface area contributed by atoms with Crippen molar-refractivity contribution in [3.63, 3.8) is 0 Å². The minimum absolute atomic E-state index is 0.0644. The number of nitrogens with zero attached hydrogens (tertiary/aromatic N) is 1. The minimum Gasteiger partial charge on any atom is -0.481 e. The number of rotatable bonds is 19. The van der Waals surface area contributed by atoms with Crippen molar-refractivity contribution in [1.82, 2.24) is 16.0 Å². The molecule has 0 aliphatic rings. The van der Waals surface area contributed by atoms with Crippen LogP contribution >= 0.6 is 23.5 Å². The van der Waals surface area contributed by atoms with Crippen LogP contribution in [-0.4, -0.2) is 101 Å². The smallest absolute Gasteiger partial charge is 0.326 e. The highest BCUT2D eigenvalue weighted by Crippen LogP contribution is 2.07. The number of carboxylic acids is 2. The molecule has 0 rings (SSSR count). The second-order valence-corrected chi connectivity index (χ2v) is 9.71. The molecule has 0 heterocycles. The summed E-state index contributed by atoms with van der Waals surface area (Å²) in [6.07, 6.45) is 3.79. The summed E-state index contributed by atoms with van der Waals surface area (Å²) in [5.41, 5.74) is 16.1. The molecule has 36 heavy (non-hydrogen) atoms. The van der Waals surface area contributed by atoms with E-state index < -0.39 is 60.2 Å². The first kappa shape index (κ1) is 33.3. The number of aliphatic imine (C=N–C) groups is 1. The van der Waals surface area contributed by atoms with Crippen LogP contribution in [0.3, 0.4) is 0 Å². The molecule has 0 fully saturated rings. The predicted octanol–water partition coefficient (Wildman–Crippen LogP) is -2.11. The lowest BCUT2D eigenvalue weighted by Gasteiger charge is -2.25. The third-order valence-electron chi connectivity index (χ3n) is 4.78. The normalized spacial score (nSPS) is 14.0. The fourth-order valence-corrected chi connectivity index (χ4v) is 3.82. The summed E-state index contributed by atoms with van der Waals surface area (Å²) in [4.78, 5) is 64.3. The number of nitrogens with two attached hydrogens (primary N) is 3. The number of thioether (sulfide) groups is 2. The Hall–Kier alpha value is -2.72. The first-order valence-electron chi connectivity index (χ1n) is 11.1. The van der Waals surface area contributed by atoms with Crippen LogP contribution in [0.5, 0.6) is 0 Å². The van der Waals surface area contributed by atoms with Gasteiger partial charge in [0.05, 0.1) is 12.5 Å². The van der Waals surface area contributed by atoms with Crippen LogP contribution in [0.25, 0.3) is 0 Å². The van der Waals surface area contributed by atoms with Gasteiger partial charge in [-0.1, -0.05) is 0 Å². The molecular formula is C20H37N7O7S2. The van der Waals surface area contributed by atoms with E-state index in [9.17, 15) is 29.1 Å². The van der Waals surface area contributed by atoms with E-state index >= 15 is 0 Å². The van der Waals surface area contributed by atoms with Crippen molar-refractivity contribution in [2.45, 2.75) is 56.3 Å². The van der Waals surface area contributed by atoms with Crippen molar-refractivity contribution in [3.8, 4) is 0 Å². The van der Waals surface area contributed by atoms with Crippen LogP contribution in [0.1, 0.15) is 32.1 Å². The number of hydrogen-bond acceptors (Lipinski definition) is 9. The van der Waals surface area contributed by atoms with Gasteiger partial charge in [-0.15, -0.1) is 0 Å². The summed E-state index contributed by atoms with van der Waals surface area (Å²) < 4.78 is 0. The lowest BCUT2D eigenvalue weighted by Crippen LogP contribution is -2.57. The van der Waals surface area contributed by atoms with E-state index in [0.29, 0.717) is 17.9 Å². The Balaban J connectivity index is 5.40. The van der Waals surface area contributed by atoms with Crippen molar-refractivity contribution in [3.05, 3.63) is 0 Å². The van der Waals surface area contributed by atoms with E-state index in [0.717, 1.165) is 0 Å². The van der Waals surface area contributed by atoms with Crippen molar-refractivity contribution in [2.24, 2.45) is 22.2 Å². The second-order valence-electron chi connectivity index (χ2n) is 7.74. The van der Waals surface area contributed by atoms with E-state index in [1.54, 1.807) is 6.26 Å². The Morgan fingerprint density at radius 1 is 0.806 bits per heavy atom. The molecule has 0 aromatic carbocycles. The third-order valence-corrected chi connectivity index (χ3v) is 6.07. The molecule has 0 aromatic heterocycles. The van der Waals surface area contributed by atoms with Crippen LogP contribution in [0.4, 0.5) is 0 Å². The number of nitrogens with one attached hydrogen (secondary N) is 3. The fraction of sp³-hybridized carbons (Fsp3) is 0.700. The van der Waals surface area contributed by atoms with Gasteiger partial charge in [0.1, 0.15) is 18.1 Å². The molecule has 0 aliphatic heterocycles. The van der Waals surface area contributed by atoms with Gasteiger partial charge in [-0.25, -0.2) is 4.79 Å². The zero-order chi connectivity index (χ0) is 27.7. The summed E-state index contributed by atoms with van der Waals surface area (Å²) >= 11 is 2.86. The number of carboxylic acid groups (broad SMARTS) is 2. The van der Waals surface area contributed by atoms with Gasteiger partial charge in [0.15, 0.2) is 5.96 Å². The van der Waals surface area contributed by atoms with Crippen LogP contribution in [0.15, 0.2) is 4.99 Å². The molecule has 0 aliphatic carbocycles. The first-order chi connectivity index (χ1) is 16.9. The molecule has 0 saturated carbocycles. The zero-order valence-corrected chi connectivity index (χ0v) is 22.0. The highest BCUT2D eigenvalue weighted by Gasteiger charge is 2.30. The summed E-state index contributed by atoms with van der Waals surface area (Å²) in [5.74, 6) is -3.82. The molecule has 11 N–H and O–H groups in total. The molecule has 0 spiro atoms. The minimum atomic E-state index is -1.35. The SMILES string of the molecule is CSCCC(NC(=O)C(N)CC(=O)O)C(=O)NC(CCSC)C(=O)NC(CCCN=C(N)N)C(=O)O. The van der Waals surface area contributed by atoms with Crippen molar-refractivity contribution >= 4 is 59.1 Å². The van der Waals surface area contributed by atoms with Crippen LogP contribution in [-0.2, 0) is 24.0 Å². The highest BCUT2D eigenvalue weighted by atomic mass is 32.2. The van der Waals surface area contributed by atoms with Gasteiger partial charge in [0.2, 0.25) is 17.7 Å². The maximum atomic E-state index is 13.0. The number of aliphatic carboxylic acids is 2.